The van der Waals surface area contributed by atoms with Gasteiger partial charge in [0.05, 0.1) is 17.5 Å². The Bertz CT molecular complexity index is 1310. The molecule has 6 atom stereocenters. The van der Waals surface area contributed by atoms with Crippen molar-refractivity contribution in [2.24, 2.45) is 29.4 Å². The van der Waals surface area contributed by atoms with Crippen molar-refractivity contribution in [3.63, 3.8) is 0 Å². The Balaban J connectivity index is 1.89. The molecular formula is C30H42N4O7. The zero-order valence-corrected chi connectivity index (χ0v) is 24.9. The van der Waals surface area contributed by atoms with Crippen LogP contribution < -0.4 is 16.0 Å². The van der Waals surface area contributed by atoms with Crippen LogP contribution in [0.4, 0.5) is 5.69 Å². The van der Waals surface area contributed by atoms with Gasteiger partial charge in [0.25, 0.3) is 0 Å². The van der Waals surface area contributed by atoms with Gasteiger partial charge in [0, 0.05) is 36.8 Å². The molecule has 41 heavy (non-hydrogen) atoms. The molecule has 3 aliphatic rings. The van der Waals surface area contributed by atoms with Gasteiger partial charge in [-0.05, 0) is 84.7 Å². The summed E-state index contributed by atoms with van der Waals surface area (Å²) in [6, 6.07) is 0.416. The third kappa shape index (κ3) is 4.77. The van der Waals surface area contributed by atoms with E-state index in [1.165, 1.54) is 4.90 Å². The lowest BCUT2D eigenvalue weighted by Gasteiger charge is -2.52. The fourth-order valence-electron chi connectivity index (χ4n) is 7.16. The van der Waals surface area contributed by atoms with E-state index in [0.29, 0.717) is 25.2 Å². The van der Waals surface area contributed by atoms with Crippen LogP contribution in [0, 0.1) is 23.7 Å². The largest absolute Gasteiger partial charge is 0.507 e. The van der Waals surface area contributed by atoms with Crippen molar-refractivity contribution in [2.75, 3.05) is 32.1 Å². The monoisotopic (exact) mass is 570 g/mol. The molecule has 0 radical (unpaired) electrons. The van der Waals surface area contributed by atoms with Gasteiger partial charge in [0.15, 0.2) is 34.7 Å². The number of benzene rings is 1. The van der Waals surface area contributed by atoms with Gasteiger partial charge < -0.3 is 26.2 Å². The average molecular weight is 571 g/mol. The quantitative estimate of drug-likeness (QED) is 0.341. The summed E-state index contributed by atoms with van der Waals surface area (Å²) < 4.78 is 0. The molecule has 5 N–H and O–H groups in total. The fraction of sp³-hybridized carbons (Fsp3) is 0.633. The molecule has 0 saturated heterocycles. The molecule has 0 aromatic heterocycles. The predicted molar refractivity (Wildman–Crippen MR) is 152 cm³/mol. The van der Waals surface area contributed by atoms with E-state index in [1.807, 2.05) is 34.6 Å². The maximum atomic E-state index is 14.1. The molecule has 0 aliphatic heterocycles. The number of aliphatic hydroxyl groups is 1. The topological polar surface area (TPSA) is 170 Å². The molecule has 2 fully saturated rings. The molecule has 0 spiro atoms. The van der Waals surface area contributed by atoms with Crippen LogP contribution in [0.25, 0.3) is 0 Å². The lowest BCUT2D eigenvalue weighted by atomic mass is 9.52. The van der Waals surface area contributed by atoms with E-state index in [2.05, 4.69) is 10.2 Å². The van der Waals surface area contributed by atoms with Gasteiger partial charge >= 0.3 is 0 Å². The number of hydrogen-bond donors (Lipinski definition) is 4. The summed E-state index contributed by atoms with van der Waals surface area (Å²) in [4.78, 5) is 70.6. The SMILES string of the molecule is CCN(CC)c1c(CNC(C)(C)C)cc(O)c2c1C[C@H]1C[C@H]3[C@H](N(C)C)C(=O)C(C(N)=O)C(=O)[C@@]3(O)C(=O)C1C2=O. The van der Waals surface area contributed by atoms with Crippen LogP contribution in [-0.4, -0.2) is 88.5 Å². The third-order valence-electron chi connectivity index (χ3n) is 9.00. The second-order valence-electron chi connectivity index (χ2n) is 12.8. The van der Waals surface area contributed by atoms with Crippen molar-refractivity contribution >= 4 is 34.7 Å². The third-order valence-corrected chi connectivity index (χ3v) is 9.00. The number of amides is 1. The highest BCUT2D eigenvalue weighted by Crippen LogP contribution is 2.52. The van der Waals surface area contributed by atoms with Gasteiger partial charge in [0.2, 0.25) is 5.91 Å². The molecule has 3 aliphatic carbocycles. The summed E-state index contributed by atoms with van der Waals surface area (Å²) in [7, 11) is 3.14. The van der Waals surface area contributed by atoms with Crippen LogP contribution in [0.1, 0.15) is 62.5 Å². The summed E-state index contributed by atoms with van der Waals surface area (Å²) in [5.41, 5.74) is 4.69. The highest BCUT2D eigenvalue weighted by atomic mass is 16.3. The first-order valence-electron chi connectivity index (χ1n) is 14.2. The number of likely N-dealkylation sites (N-methyl/N-ethyl adjacent to an activating group) is 1. The molecular weight excluding hydrogens is 528 g/mol. The normalized spacial score (nSPS) is 29.7. The van der Waals surface area contributed by atoms with Gasteiger partial charge in [-0.25, -0.2) is 0 Å². The van der Waals surface area contributed by atoms with Gasteiger partial charge in [-0.15, -0.1) is 0 Å². The Morgan fingerprint density at radius 1 is 1.12 bits per heavy atom. The number of carbonyl (C=O) groups is 5. The van der Waals surface area contributed by atoms with Crippen molar-refractivity contribution < 1.29 is 34.2 Å². The zero-order valence-electron chi connectivity index (χ0n) is 24.9. The molecule has 0 bridgehead atoms. The second-order valence-corrected chi connectivity index (χ2v) is 12.8. The number of fused-ring (bicyclic) bond motifs is 3. The fourth-order valence-corrected chi connectivity index (χ4v) is 7.16. The number of hydrogen-bond acceptors (Lipinski definition) is 10. The number of rotatable bonds is 7. The van der Waals surface area contributed by atoms with Crippen molar-refractivity contribution in [3.05, 3.63) is 22.8 Å². The number of aromatic hydroxyl groups is 1. The van der Waals surface area contributed by atoms with Gasteiger partial charge in [-0.1, -0.05) is 0 Å². The van der Waals surface area contributed by atoms with Gasteiger partial charge in [-0.2, -0.15) is 0 Å². The Kier molecular flexibility index (Phi) is 7.96. The summed E-state index contributed by atoms with van der Waals surface area (Å²) in [6.45, 7) is 11.8. The van der Waals surface area contributed by atoms with Crippen LogP contribution in [0.2, 0.25) is 0 Å². The van der Waals surface area contributed by atoms with E-state index in [9.17, 15) is 34.2 Å². The van der Waals surface area contributed by atoms with Crippen LogP contribution in [0.3, 0.4) is 0 Å². The molecule has 1 amide bonds. The molecule has 2 saturated carbocycles. The summed E-state index contributed by atoms with van der Waals surface area (Å²) in [5.74, 6) is -10.4. The number of phenolic OH excluding ortho intramolecular Hbond substituents is 1. The van der Waals surface area contributed by atoms with Crippen molar-refractivity contribution in [1.82, 2.24) is 10.2 Å². The van der Waals surface area contributed by atoms with Crippen molar-refractivity contribution in [3.8, 4) is 5.75 Å². The number of Topliss-reactive ketones (excluding diaryl/α,β-unsaturated/α-hetero) is 4. The first kappa shape index (κ1) is 30.8. The lowest BCUT2D eigenvalue weighted by molar-refractivity contribution is -0.181. The Morgan fingerprint density at radius 2 is 1.73 bits per heavy atom. The first-order valence-corrected chi connectivity index (χ1v) is 14.2. The van der Waals surface area contributed by atoms with Crippen molar-refractivity contribution in [2.45, 2.75) is 71.2 Å². The maximum Gasteiger partial charge on any atom is 0.235 e. The number of phenols is 1. The molecule has 0 heterocycles. The van der Waals surface area contributed by atoms with Crippen LogP contribution >= 0.6 is 0 Å². The van der Waals surface area contributed by atoms with E-state index in [1.54, 1.807) is 20.2 Å². The standard InChI is InChI=1S/C30H42N4O7/c1-8-34(9-2)22-15(13-32-29(3,4)5)12-18(35)20-16(22)10-14-11-17-23(33(6)7)25(37)21(28(31)40)27(39)30(17,41)26(38)19(14)24(20)36/h12,14,17,19,21,23,32,35,41H,8-11,13H2,1-7H3,(H2,31,40)/t14-,17-,19?,21?,23-,30-/m0/s1. The zero-order chi connectivity index (χ0) is 30.8. The van der Waals surface area contributed by atoms with E-state index in [-0.39, 0.29) is 29.7 Å². The van der Waals surface area contributed by atoms with Gasteiger partial charge in [-0.3, -0.25) is 28.9 Å². The van der Waals surface area contributed by atoms with Crippen molar-refractivity contribution in [1.29, 1.82) is 0 Å². The molecule has 1 aromatic carbocycles. The van der Waals surface area contributed by atoms with Crippen LogP contribution in [-0.2, 0) is 32.1 Å². The summed E-state index contributed by atoms with van der Waals surface area (Å²) in [5, 5.41) is 26.4. The Morgan fingerprint density at radius 3 is 2.24 bits per heavy atom. The number of nitrogens with zero attached hydrogens (tertiary/aromatic N) is 2. The second kappa shape index (κ2) is 10.6. The molecule has 2 unspecified atom stereocenters. The predicted octanol–water partition coefficient (Wildman–Crippen LogP) is 0.601. The number of carbonyl (C=O) groups excluding carboxylic acids is 5. The highest BCUT2D eigenvalue weighted by Gasteiger charge is 2.69. The number of anilines is 1. The highest BCUT2D eigenvalue weighted by molar-refractivity contribution is 6.32. The van der Waals surface area contributed by atoms with E-state index in [0.717, 1.165) is 11.3 Å². The summed E-state index contributed by atoms with van der Waals surface area (Å²) >= 11 is 0. The van der Waals surface area contributed by atoms with E-state index in [4.69, 9.17) is 5.73 Å². The molecule has 224 valence electrons. The average Bonchev–Trinajstić information content (AvgIpc) is 2.86. The minimum atomic E-state index is -2.73. The van der Waals surface area contributed by atoms with Crippen LogP contribution in [0.5, 0.6) is 5.75 Å². The number of ketones is 4. The number of nitrogens with one attached hydrogen (secondary N) is 1. The smallest absolute Gasteiger partial charge is 0.235 e. The van der Waals surface area contributed by atoms with Gasteiger partial charge in [0.1, 0.15) is 5.75 Å². The molecule has 4 rings (SSSR count). The number of primary amides is 1. The minimum absolute atomic E-state index is 0.0120. The molecule has 11 heteroatoms. The molecule has 1 aromatic rings. The lowest BCUT2D eigenvalue weighted by Crippen LogP contribution is -2.74. The maximum absolute atomic E-state index is 14.1. The Hall–Kier alpha value is -3.15. The first-order chi connectivity index (χ1) is 19.0. The molecule has 11 nitrogen and oxygen atoms in total. The van der Waals surface area contributed by atoms with Crippen LogP contribution in [0.15, 0.2) is 6.07 Å². The number of nitrogens with two attached hydrogens (primary N) is 1. The summed E-state index contributed by atoms with van der Waals surface area (Å²) in [6.07, 6.45) is 0.251. The minimum Gasteiger partial charge on any atom is -0.507 e. The van der Waals surface area contributed by atoms with E-state index >= 15 is 0 Å². The van der Waals surface area contributed by atoms with E-state index < -0.39 is 64.4 Å². The Labute approximate surface area is 240 Å².